The average molecular weight is 413 g/mol. The first kappa shape index (κ1) is 20.9. The van der Waals surface area contributed by atoms with Gasteiger partial charge in [-0.1, -0.05) is 29.5 Å². The van der Waals surface area contributed by atoms with Crippen LogP contribution in [0.25, 0.3) is 11.5 Å². The lowest BCUT2D eigenvalue weighted by Crippen LogP contribution is -2.15. The fraction of sp³-hybridized carbons (Fsp3) is 0.333. The zero-order valence-electron chi connectivity index (χ0n) is 17.0. The molecule has 0 spiro atoms. The molecule has 7 nitrogen and oxygen atoms in total. The third-order valence-electron chi connectivity index (χ3n) is 4.52. The van der Waals surface area contributed by atoms with Crippen molar-refractivity contribution < 1.29 is 18.7 Å². The van der Waals surface area contributed by atoms with Gasteiger partial charge < -0.3 is 14.1 Å². The molecule has 152 valence electrons. The number of benzene rings is 1. The molecule has 0 radical (unpaired) electrons. The van der Waals surface area contributed by atoms with Gasteiger partial charge in [0.15, 0.2) is 5.78 Å². The van der Waals surface area contributed by atoms with E-state index in [0.29, 0.717) is 33.6 Å². The summed E-state index contributed by atoms with van der Waals surface area (Å²) < 4.78 is 10.8. The van der Waals surface area contributed by atoms with E-state index in [0.717, 1.165) is 11.1 Å². The van der Waals surface area contributed by atoms with E-state index in [-0.39, 0.29) is 12.4 Å². The maximum atomic E-state index is 12.9. The molecule has 3 aromatic rings. The summed E-state index contributed by atoms with van der Waals surface area (Å²) in [5.74, 6) is -0.178. The number of hydrogen-bond acceptors (Lipinski definition) is 7. The molecule has 8 heteroatoms. The molecule has 0 saturated carbocycles. The van der Waals surface area contributed by atoms with Crippen molar-refractivity contribution in [1.82, 2.24) is 15.2 Å². The first-order valence-corrected chi connectivity index (χ1v) is 10.2. The van der Waals surface area contributed by atoms with E-state index >= 15 is 0 Å². The number of carbonyl (C=O) groups excluding carboxylic acids is 2. The molecule has 1 atom stereocenters. The molecule has 1 N–H and O–H groups in total. The van der Waals surface area contributed by atoms with Gasteiger partial charge in [0.1, 0.15) is 0 Å². The Labute approximate surface area is 173 Å². The van der Waals surface area contributed by atoms with E-state index < -0.39 is 11.2 Å². The lowest BCUT2D eigenvalue weighted by molar-refractivity contribution is 0.0525. The van der Waals surface area contributed by atoms with Crippen molar-refractivity contribution in [3.63, 3.8) is 0 Å². The van der Waals surface area contributed by atoms with E-state index in [2.05, 4.69) is 15.2 Å². The number of carbonyl (C=O) groups is 2. The number of rotatable bonds is 7. The summed E-state index contributed by atoms with van der Waals surface area (Å²) in [6.45, 7) is 9.28. The third-order valence-corrected chi connectivity index (χ3v) is 5.45. The zero-order chi connectivity index (χ0) is 21.1. The van der Waals surface area contributed by atoms with Crippen LogP contribution in [0, 0.1) is 20.8 Å². The average Bonchev–Trinajstić information content (AvgIpc) is 3.26. The molecule has 29 heavy (non-hydrogen) atoms. The van der Waals surface area contributed by atoms with Crippen LogP contribution in [-0.2, 0) is 4.74 Å². The number of aryl methyl sites for hydroxylation is 2. The van der Waals surface area contributed by atoms with Gasteiger partial charge in [0, 0.05) is 11.3 Å². The van der Waals surface area contributed by atoms with Crippen LogP contribution in [0.3, 0.4) is 0 Å². The summed E-state index contributed by atoms with van der Waals surface area (Å²) >= 11 is 1.18. The lowest BCUT2D eigenvalue weighted by Gasteiger charge is -2.07. The molecule has 0 aliphatic rings. The van der Waals surface area contributed by atoms with E-state index in [1.807, 2.05) is 31.2 Å². The van der Waals surface area contributed by atoms with Crippen LogP contribution in [0.2, 0.25) is 0 Å². The number of hydrogen-bond donors (Lipinski definition) is 1. The van der Waals surface area contributed by atoms with Crippen molar-refractivity contribution in [3.05, 3.63) is 52.3 Å². The summed E-state index contributed by atoms with van der Waals surface area (Å²) in [5, 5.41) is 7.94. The molecule has 3 rings (SSSR count). The van der Waals surface area contributed by atoms with E-state index in [9.17, 15) is 9.59 Å². The Morgan fingerprint density at radius 1 is 1.17 bits per heavy atom. The molecular weight excluding hydrogens is 390 g/mol. The fourth-order valence-corrected chi connectivity index (χ4v) is 3.73. The molecule has 0 aliphatic heterocycles. The predicted molar refractivity (Wildman–Crippen MR) is 110 cm³/mol. The molecule has 0 bridgehead atoms. The molecule has 0 unspecified atom stereocenters. The highest BCUT2D eigenvalue weighted by Crippen LogP contribution is 2.29. The number of esters is 1. The van der Waals surface area contributed by atoms with Crippen LogP contribution in [-0.4, -0.2) is 38.8 Å². The standard InChI is InChI=1S/C21H23N3O4S/c1-6-27-20(26)16-12(3)17(22-13(16)4)18(25)14(5)29-21-24-23-19(28-21)15-9-7-11(2)8-10-15/h7-10,14,22H,6H2,1-5H3/t14-/m1/s1. The van der Waals surface area contributed by atoms with Crippen molar-refractivity contribution in [2.45, 2.75) is 45.1 Å². The Balaban J connectivity index is 1.75. The van der Waals surface area contributed by atoms with Gasteiger partial charge in [-0.15, -0.1) is 10.2 Å². The van der Waals surface area contributed by atoms with E-state index in [1.165, 1.54) is 11.8 Å². The number of nitrogens with one attached hydrogen (secondary N) is 1. The summed E-state index contributed by atoms with van der Waals surface area (Å²) in [6, 6.07) is 7.76. The number of aromatic amines is 1. The van der Waals surface area contributed by atoms with Gasteiger partial charge in [-0.2, -0.15) is 0 Å². The quantitative estimate of drug-likeness (QED) is 0.345. The van der Waals surface area contributed by atoms with Crippen LogP contribution in [0.5, 0.6) is 0 Å². The molecule has 2 heterocycles. The minimum Gasteiger partial charge on any atom is -0.462 e. The van der Waals surface area contributed by atoms with Crippen LogP contribution in [0.15, 0.2) is 33.9 Å². The first-order chi connectivity index (χ1) is 13.8. The van der Waals surface area contributed by atoms with Gasteiger partial charge in [0.25, 0.3) is 5.22 Å². The van der Waals surface area contributed by atoms with Gasteiger partial charge in [0.05, 0.1) is 23.1 Å². The fourth-order valence-electron chi connectivity index (χ4n) is 2.98. The predicted octanol–water partition coefficient (Wildman–Crippen LogP) is 4.53. The van der Waals surface area contributed by atoms with Crippen LogP contribution >= 0.6 is 11.8 Å². The summed E-state index contributed by atoms with van der Waals surface area (Å²) in [6.07, 6.45) is 0. The molecule has 1 aromatic carbocycles. The lowest BCUT2D eigenvalue weighted by atomic mass is 10.1. The Bertz CT molecular complexity index is 1040. The maximum absolute atomic E-state index is 12.9. The minimum atomic E-state index is -0.479. The first-order valence-electron chi connectivity index (χ1n) is 9.29. The highest BCUT2D eigenvalue weighted by Gasteiger charge is 2.27. The molecule has 0 amide bonds. The number of thioether (sulfide) groups is 1. The Kier molecular flexibility index (Phi) is 6.22. The highest BCUT2D eigenvalue weighted by atomic mass is 32.2. The van der Waals surface area contributed by atoms with Crippen LogP contribution < -0.4 is 0 Å². The monoisotopic (exact) mass is 413 g/mol. The number of ether oxygens (including phenoxy) is 1. The van der Waals surface area contributed by atoms with Crippen molar-refractivity contribution in [2.24, 2.45) is 0 Å². The molecular formula is C21H23N3O4S. The third kappa shape index (κ3) is 4.42. The second-order valence-electron chi connectivity index (χ2n) is 6.71. The summed E-state index contributed by atoms with van der Waals surface area (Å²) in [5.41, 5.74) is 3.96. The van der Waals surface area contributed by atoms with Crippen LogP contribution in [0.1, 0.15) is 51.5 Å². The number of aromatic nitrogens is 3. The van der Waals surface area contributed by atoms with E-state index in [4.69, 9.17) is 9.15 Å². The Morgan fingerprint density at radius 2 is 1.86 bits per heavy atom. The molecule has 2 aromatic heterocycles. The van der Waals surface area contributed by atoms with Gasteiger partial charge in [-0.3, -0.25) is 4.79 Å². The Hall–Kier alpha value is -2.87. The second kappa shape index (κ2) is 8.65. The zero-order valence-corrected chi connectivity index (χ0v) is 17.8. The maximum Gasteiger partial charge on any atom is 0.340 e. The topological polar surface area (TPSA) is 98.1 Å². The van der Waals surface area contributed by atoms with Gasteiger partial charge >= 0.3 is 5.97 Å². The van der Waals surface area contributed by atoms with Gasteiger partial charge in [0.2, 0.25) is 5.89 Å². The molecule has 0 fully saturated rings. The second-order valence-corrected chi connectivity index (χ2v) is 8.00. The summed E-state index contributed by atoms with van der Waals surface area (Å²) in [7, 11) is 0. The number of Topliss-reactive ketones (excluding diaryl/α,β-unsaturated/α-hetero) is 1. The van der Waals surface area contributed by atoms with Gasteiger partial charge in [-0.25, -0.2) is 4.79 Å². The number of H-pyrrole nitrogens is 1. The van der Waals surface area contributed by atoms with Gasteiger partial charge in [-0.05, 0) is 52.3 Å². The smallest absolute Gasteiger partial charge is 0.340 e. The number of ketones is 1. The largest absolute Gasteiger partial charge is 0.462 e. The van der Waals surface area contributed by atoms with Crippen molar-refractivity contribution in [3.8, 4) is 11.5 Å². The molecule has 0 aliphatic carbocycles. The number of nitrogens with zero attached hydrogens (tertiary/aromatic N) is 2. The SMILES string of the molecule is CCOC(=O)c1c(C)[nH]c(C(=O)[C@@H](C)Sc2nnc(-c3ccc(C)cc3)o2)c1C. The van der Waals surface area contributed by atoms with Crippen molar-refractivity contribution in [1.29, 1.82) is 0 Å². The van der Waals surface area contributed by atoms with Crippen molar-refractivity contribution >= 4 is 23.5 Å². The molecule has 0 saturated heterocycles. The normalized spacial score (nSPS) is 12.0. The van der Waals surface area contributed by atoms with Crippen LogP contribution in [0.4, 0.5) is 0 Å². The summed E-state index contributed by atoms with van der Waals surface area (Å²) in [4.78, 5) is 28.1. The Morgan fingerprint density at radius 3 is 2.52 bits per heavy atom. The minimum absolute atomic E-state index is 0.152. The highest BCUT2D eigenvalue weighted by molar-refractivity contribution is 8.00. The van der Waals surface area contributed by atoms with E-state index in [1.54, 1.807) is 27.7 Å². The van der Waals surface area contributed by atoms with Crippen molar-refractivity contribution in [2.75, 3.05) is 6.61 Å².